The zero-order valence-electron chi connectivity index (χ0n) is 11.4. The minimum Gasteiger partial charge on any atom is -0.481 e. The minimum atomic E-state index is -1.03. The van der Waals surface area contributed by atoms with Crippen molar-refractivity contribution in [2.45, 2.75) is 52.7 Å². The summed E-state index contributed by atoms with van der Waals surface area (Å²) in [6.45, 7) is 8.09. The van der Waals surface area contributed by atoms with Crippen LogP contribution >= 0.6 is 0 Å². The van der Waals surface area contributed by atoms with Crippen LogP contribution in [-0.4, -0.2) is 34.6 Å². The van der Waals surface area contributed by atoms with Crippen molar-refractivity contribution in [3.63, 3.8) is 0 Å². The van der Waals surface area contributed by atoms with Gasteiger partial charge in [-0.05, 0) is 27.7 Å². The second kappa shape index (κ2) is 6.37. The molecule has 6 heteroatoms. The second-order valence-electron chi connectivity index (χ2n) is 5.28. The number of ketones is 1. The monoisotopic (exact) mass is 259 g/mol. The summed E-state index contributed by atoms with van der Waals surface area (Å²) in [5.41, 5.74) is -0.638. The molecule has 0 saturated heterocycles. The van der Waals surface area contributed by atoms with Crippen LogP contribution in [0.15, 0.2) is 0 Å². The number of alkyl carbamates (subject to hydrolysis) is 1. The van der Waals surface area contributed by atoms with Crippen LogP contribution in [0.1, 0.15) is 41.0 Å². The van der Waals surface area contributed by atoms with Crippen LogP contribution in [0.3, 0.4) is 0 Å². The lowest BCUT2D eigenvalue weighted by Gasteiger charge is -2.21. The van der Waals surface area contributed by atoms with Crippen LogP contribution in [0.5, 0.6) is 0 Å². The van der Waals surface area contributed by atoms with Crippen LogP contribution in [0, 0.1) is 5.92 Å². The van der Waals surface area contributed by atoms with Gasteiger partial charge in [0.2, 0.25) is 0 Å². The normalized spacial score (nSPS) is 14.5. The highest BCUT2D eigenvalue weighted by Crippen LogP contribution is 2.08. The van der Waals surface area contributed by atoms with E-state index in [1.54, 1.807) is 20.8 Å². The van der Waals surface area contributed by atoms with E-state index >= 15 is 0 Å². The lowest BCUT2D eigenvalue weighted by Crippen LogP contribution is -2.42. The highest BCUT2D eigenvalue weighted by atomic mass is 16.6. The molecule has 0 aromatic carbocycles. The van der Waals surface area contributed by atoms with Gasteiger partial charge in [-0.1, -0.05) is 6.92 Å². The molecule has 2 N–H and O–H groups in total. The molecule has 1 amide bonds. The van der Waals surface area contributed by atoms with E-state index in [4.69, 9.17) is 9.84 Å². The molecule has 0 aliphatic carbocycles. The van der Waals surface area contributed by atoms with Gasteiger partial charge in [0.1, 0.15) is 5.60 Å². The summed E-state index contributed by atoms with van der Waals surface area (Å²) in [5.74, 6) is -2.14. The Morgan fingerprint density at radius 1 is 1.22 bits per heavy atom. The topological polar surface area (TPSA) is 92.7 Å². The van der Waals surface area contributed by atoms with Gasteiger partial charge in [0.15, 0.2) is 5.78 Å². The summed E-state index contributed by atoms with van der Waals surface area (Å²) in [5, 5.41) is 11.1. The molecule has 2 atom stereocenters. The first-order valence-corrected chi connectivity index (χ1v) is 5.78. The van der Waals surface area contributed by atoms with Crippen molar-refractivity contribution >= 4 is 17.8 Å². The van der Waals surface area contributed by atoms with Crippen LogP contribution in [0.4, 0.5) is 4.79 Å². The van der Waals surface area contributed by atoms with Crippen molar-refractivity contribution in [1.82, 2.24) is 5.32 Å². The maximum absolute atomic E-state index is 11.6. The summed E-state index contributed by atoms with van der Waals surface area (Å²) >= 11 is 0. The number of rotatable bonds is 5. The number of carbonyl (C=O) groups is 3. The first-order valence-electron chi connectivity index (χ1n) is 5.78. The Labute approximate surface area is 107 Å². The molecule has 0 radical (unpaired) electrons. The van der Waals surface area contributed by atoms with Crippen LogP contribution in [0.2, 0.25) is 0 Å². The Morgan fingerprint density at radius 2 is 1.72 bits per heavy atom. The third kappa shape index (κ3) is 6.88. The zero-order chi connectivity index (χ0) is 14.5. The Morgan fingerprint density at radius 3 is 2.11 bits per heavy atom. The highest BCUT2D eigenvalue weighted by molar-refractivity contribution is 5.89. The van der Waals surface area contributed by atoms with Gasteiger partial charge in [-0.25, -0.2) is 4.79 Å². The van der Waals surface area contributed by atoms with Gasteiger partial charge >= 0.3 is 12.1 Å². The fraction of sp³-hybridized carbons (Fsp3) is 0.750. The Bertz CT molecular complexity index is 332. The van der Waals surface area contributed by atoms with Gasteiger partial charge in [-0.2, -0.15) is 0 Å². The van der Waals surface area contributed by atoms with Crippen molar-refractivity contribution < 1.29 is 24.2 Å². The fourth-order valence-corrected chi connectivity index (χ4v) is 1.13. The molecule has 104 valence electrons. The minimum absolute atomic E-state index is 0.119. The quantitative estimate of drug-likeness (QED) is 0.782. The second-order valence-corrected chi connectivity index (χ2v) is 5.28. The molecule has 0 rings (SSSR count). The summed E-state index contributed by atoms with van der Waals surface area (Å²) in [7, 11) is 0. The standard InChI is InChI=1S/C12H21NO5/c1-7(10(15)16)6-9(14)8(2)13-11(17)18-12(3,4)5/h7-8H,6H2,1-5H3,(H,13,17)(H,15,16)/t7-,8-/m1/s1. The van der Waals surface area contributed by atoms with E-state index in [-0.39, 0.29) is 12.2 Å². The number of hydrogen-bond donors (Lipinski definition) is 2. The summed E-state index contributed by atoms with van der Waals surface area (Å²) in [6, 6.07) is -0.762. The maximum Gasteiger partial charge on any atom is 0.408 e. The van der Waals surface area contributed by atoms with Gasteiger partial charge in [0.05, 0.1) is 12.0 Å². The van der Waals surface area contributed by atoms with Crippen molar-refractivity contribution in [3.05, 3.63) is 0 Å². The average Bonchev–Trinajstić information content (AvgIpc) is 2.13. The smallest absolute Gasteiger partial charge is 0.408 e. The number of carbonyl (C=O) groups excluding carboxylic acids is 2. The molecule has 6 nitrogen and oxygen atoms in total. The average molecular weight is 259 g/mol. The number of amides is 1. The molecule has 0 spiro atoms. The Balaban J connectivity index is 4.24. The van der Waals surface area contributed by atoms with E-state index in [1.165, 1.54) is 13.8 Å². The number of carboxylic acid groups (broad SMARTS) is 1. The van der Waals surface area contributed by atoms with E-state index in [0.29, 0.717) is 0 Å². The maximum atomic E-state index is 11.6. The molecular weight excluding hydrogens is 238 g/mol. The highest BCUT2D eigenvalue weighted by Gasteiger charge is 2.23. The summed E-state index contributed by atoms with van der Waals surface area (Å²) in [4.78, 5) is 33.6. The van der Waals surface area contributed by atoms with E-state index in [9.17, 15) is 14.4 Å². The van der Waals surface area contributed by atoms with Gasteiger partial charge in [-0.15, -0.1) is 0 Å². The van der Waals surface area contributed by atoms with Gasteiger partial charge in [-0.3, -0.25) is 9.59 Å². The molecule has 0 aromatic rings. The molecular formula is C12H21NO5. The van der Waals surface area contributed by atoms with E-state index in [1.807, 2.05) is 0 Å². The first-order chi connectivity index (χ1) is 8.03. The fourth-order valence-electron chi connectivity index (χ4n) is 1.13. The number of carboxylic acids is 1. The SMILES string of the molecule is C[C@H](CC(=O)[C@@H](C)NC(=O)OC(C)(C)C)C(=O)O. The third-order valence-electron chi connectivity index (χ3n) is 2.15. The molecule has 0 aromatic heterocycles. The zero-order valence-corrected chi connectivity index (χ0v) is 11.4. The van der Waals surface area contributed by atoms with Crippen molar-refractivity contribution in [1.29, 1.82) is 0 Å². The summed E-state index contributed by atoms with van der Waals surface area (Å²) in [6.07, 6.45) is -0.807. The molecule has 0 aliphatic heterocycles. The molecule has 18 heavy (non-hydrogen) atoms. The molecule has 0 heterocycles. The number of ether oxygens (including phenoxy) is 1. The Kier molecular flexibility index (Phi) is 5.81. The molecule has 0 unspecified atom stereocenters. The predicted molar refractivity (Wildman–Crippen MR) is 65.3 cm³/mol. The van der Waals surface area contributed by atoms with Crippen molar-refractivity contribution in [2.24, 2.45) is 5.92 Å². The van der Waals surface area contributed by atoms with Crippen molar-refractivity contribution in [2.75, 3.05) is 0 Å². The largest absolute Gasteiger partial charge is 0.481 e. The van der Waals surface area contributed by atoms with Crippen LogP contribution in [0.25, 0.3) is 0 Å². The lowest BCUT2D eigenvalue weighted by molar-refractivity contribution is -0.143. The third-order valence-corrected chi connectivity index (χ3v) is 2.15. The van der Waals surface area contributed by atoms with Gasteiger partial charge < -0.3 is 15.2 Å². The van der Waals surface area contributed by atoms with E-state index in [0.717, 1.165) is 0 Å². The first kappa shape index (κ1) is 16.4. The Hall–Kier alpha value is -1.59. The number of hydrogen-bond acceptors (Lipinski definition) is 4. The number of Topliss-reactive ketones (excluding diaryl/α,β-unsaturated/α-hetero) is 1. The van der Waals surface area contributed by atoms with Crippen molar-refractivity contribution in [3.8, 4) is 0 Å². The number of nitrogens with one attached hydrogen (secondary N) is 1. The number of aliphatic carboxylic acids is 1. The van der Waals surface area contributed by atoms with Gasteiger partial charge in [0, 0.05) is 6.42 Å². The van der Waals surface area contributed by atoms with E-state index < -0.39 is 29.6 Å². The lowest BCUT2D eigenvalue weighted by atomic mass is 10.0. The van der Waals surface area contributed by atoms with E-state index in [2.05, 4.69) is 5.32 Å². The molecule has 0 saturated carbocycles. The summed E-state index contributed by atoms with van der Waals surface area (Å²) < 4.78 is 4.99. The van der Waals surface area contributed by atoms with Crippen LogP contribution in [-0.2, 0) is 14.3 Å². The molecule has 0 fully saturated rings. The van der Waals surface area contributed by atoms with Gasteiger partial charge in [0.25, 0.3) is 0 Å². The predicted octanol–water partition coefficient (Wildman–Crippen LogP) is 1.58. The molecule has 0 aliphatic rings. The molecule has 0 bridgehead atoms. The van der Waals surface area contributed by atoms with Crippen LogP contribution < -0.4 is 5.32 Å².